The van der Waals surface area contributed by atoms with E-state index in [-0.39, 0.29) is 10.6 Å². The van der Waals surface area contributed by atoms with Crippen LogP contribution >= 0.6 is 11.6 Å². The highest BCUT2D eigenvalue weighted by Gasteiger charge is 2.24. The average molecular weight is 311 g/mol. The summed E-state index contributed by atoms with van der Waals surface area (Å²) in [6.07, 6.45) is 0. The maximum Gasteiger partial charge on any atom is 0.200 e. The first-order chi connectivity index (χ1) is 10.1. The molecule has 0 atom stereocenters. The quantitative estimate of drug-likeness (QED) is 0.795. The number of ether oxygens (including phenoxy) is 2. The fraction of sp³-hybridized carbons (Fsp3) is 0.133. The third kappa shape index (κ3) is 2.45. The number of rotatable bonds is 2. The molecule has 2 aromatic rings. The van der Waals surface area contributed by atoms with E-state index in [4.69, 9.17) is 21.1 Å². The van der Waals surface area contributed by atoms with E-state index in [1.54, 1.807) is 0 Å². The van der Waals surface area contributed by atoms with Crippen molar-refractivity contribution in [3.8, 4) is 11.5 Å². The van der Waals surface area contributed by atoms with E-state index < -0.39 is 23.0 Å². The van der Waals surface area contributed by atoms with Crippen molar-refractivity contribution in [1.29, 1.82) is 0 Å². The lowest BCUT2D eigenvalue weighted by atomic mass is 10.0. The van der Waals surface area contributed by atoms with Crippen LogP contribution in [0.15, 0.2) is 30.3 Å². The van der Waals surface area contributed by atoms with Crippen LogP contribution in [0.5, 0.6) is 11.5 Å². The molecular weight excluding hydrogens is 302 g/mol. The summed E-state index contributed by atoms with van der Waals surface area (Å²) in [4.78, 5) is 12.3. The number of carbonyl (C=O) groups excluding carboxylic acids is 1. The van der Waals surface area contributed by atoms with Crippen LogP contribution in [-0.4, -0.2) is 19.0 Å². The van der Waals surface area contributed by atoms with Crippen molar-refractivity contribution < 1.29 is 23.0 Å². The Morgan fingerprint density at radius 2 is 1.62 bits per heavy atom. The molecule has 1 heterocycles. The molecule has 0 saturated heterocycles. The van der Waals surface area contributed by atoms with Gasteiger partial charge >= 0.3 is 0 Å². The summed E-state index contributed by atoms with van der Waals surface area (Å²) in [6, 6.07) is 5.96. The number of ketones is 1. The van der Waals surface area contributed by atoms with Gasteiger partial charge in [0.25, 0.3) is 0 Å². The maximum absolute atomic E-state index is 13.7. The van der Waals surface area contributed by atoms with E-state index in [1.165, 1.54) is 18.2 Å². The van der Waals surface area contributed by atoms with Crippen LogP contribution in [0.4, 0.5) is 8.78 Å². The normalized spacial score (nSPS) is 13.1. The molecule has 1 aliphatic heterocycles. The lowest BCUT2D eigenvalue weighted by Crippen LogP contribution is -2.16. The Bertz CT molecular complexity index is 711. The van der Waals surface area contributed by atoms with Gasteiger partial charge in [0.15, 0.2) is 11.5 Å². The topological polar surface area (TPSA) is 35.5 Å². The molecule has 0 N–H and O–H groups in total. The third-order valence-electron chi connectivity index (χ3n) is 3.07. The molecule has 0 radical (unpaired) electrons. The summed E-state index contributed by atoms with van der Waals surface area (Å²) < 4.78 is 38.1. The molecule has 3 rings (SSSR count). The molecule has 0 aromatic heterocycles. The van der Waals surface area contributed by atoms with Crippen molar-refractivity contribution in [2.45, 2.75) is 0 Å². The van der Waals surface area contributed by atoms with Gasteiger partial charge in [0, 0.05) is 11.6 Å². The van der Waals surface area contributed by atoms with Crippen LogP contribution in [0.2, 0.25) is 5.02 Å². The van der Waals surface area contributed by atoms with Crippen molar-refractivity contribution in [1.82, 2.24) is 0 Å². The lowest BCUT2D eigenvalue weighted by molar-refractivity contribution is 0.103. The Labute approximate surface area is 124 Å². The standard InChI is InChI=1S/C15H9ClF2O3/c16-9-7-13-12(20-4-5-21-13)6-8(9)15(19)14-10(17)2-1-3-11(14)18/h1-3,6-7H,4-5H2. The van der Waals surface area contributed by atoms with E-state index in [1.807, 2.05) is 0 Å². The Hall–Kier alpha value is -2.14. The van der Waals surface area contributed by atoms with E-state index in [9.17, 15) is 13.6 Å². The molecule has 0 bridgehead atoms. The SMILES string of the molecule is O=C(c1cc2c(cc1Cl)OCCO2)c1c(F)cccc1F. The highest BCUT2D eigenvalue weighted by Crippen LogP contribution is 2.36. The predicted octanol–water partition coefficient (Wildman–Crippen LogP) is 3.62. The molecular formula is C15H9ClF2O3. The van der Waals surface area contributed by atoms with Gasteiger partial charge in [-0.15, -0.1) is 0 Å². The minimum Gasteiger partial charge on any atom is -0.486 e. The van der Waals surface area contributed by atoms with Gasteiger partial charge in [-0.2, -0.15) is 0 Å². The Kier molecular flexibility index (Phi) is 3.51. The van der Waals surface area contributed by atoms with Crippen LogP contribution in [0.1, 0.15) is 15.9 Å². The van der Waals surface area contributed by atoms with Gasteiger partial charge in [-0.25, -0.2) is 8.78 Å². The van der Waals surface area contributed by atoms with E-state index >= 15 is 0 Å². The minimum absolute atomic E-state index is 0.0371. The molecule has 0 aliphatic carbocycles. The number of hydrogen-bond donors (Lipinski definition) is 0. The van der Waals surface area contributed by atoms with Gasteiger partial charge in [0.1, 0.15) is 24.8 Å². The summed E-state index contributed by atoms with van der Waals surface area (Å²) in [7, 11) is 0. The monoisotopic (exact) mass is 310 g/mol. The van der Waals surface area contributed by atoms with Crippen molar-refractivity contribution in [2.24, 2.45) is 0 Å². The second-order valence-corrected chi connectivity index (χ2v) is 4.81. The van der Waals surface area contributed by atoms with Gasteiger partial charge in [-0.05, 0) is 18.2 Å². The van der Waals surface area contributed by atoms with Gasteiger partial charge in [-0.3, -0.25) is 4.79 Å². The van der Waals surface area contributed by atoms with Gasteiger partial charge in [0.2, 0.25) is 5.78 Å². The fourth-order valence-corrected chi connectivity index (χ4v) is 2.33. The Balaban J connectivity index is 2.10. The molecule has 0 spiro atoms. The molecule has 2 aromatic carbocycles. The van der Waals surface area contributed by atoms with E-state index in [0.717, 1.165) is 12.1 Å². The number of halogens is 3. The highest BCUT2D eigenvalue weighted by atomic mass is 35.5. The summed E-state index contributed by atoms with van der Waals surface area (Å²) in [5.74, 6) is -1.99. The number of fused-ring (bicyclic) bond motifs is 1. The third-order valence-corrected chi connectivity index (χ3v) is 3.38. The summed E-state index contributed by atoms with van der Waals surface area (Å²) >= 11 is 6.01. The van der Waals surface area contributed by atoms with Crippen molar-refractivity contribution in [3.05, 3.63) is 58.1 Å². The van der Waals surface area contributed by atoms with Gasteiger partial charge < -0.3 is 9.47 Å². The van der Waals surface area contributed by atoms with Crippen LogP contribution in [0.3, 0.4) is 0 Å². The number of carbonyl (C=O) groups is 1. The molecule has 6 heteroatoms. The average Bonchev–Trinajstić information content (AvgIpc) is 2.46. The molecule has 0 amide bonds. The predicted molar refractivity (Wildman–Crippen MR) is 72.2 cm³/mol. The van der Waals surface area contributed by atoms with Crippen LogP contribution < -0.4 is 9.47 Å². The van der Waals surface area contributed by atoms with Crippen LogP contribution in [0, 0.1) is 11.6 Å². The van der Waals surface area contributed by atoms with Crippen LogP contribution in [-0.2, 0) is 0 Å². The fourth-order valence-electron chi connectivity index (χ4n) is 2.09. The summed E-state index contributed by atoms with van der Waals surface area (Å²) in [5, 5.41) is 0.0481. The number of benzene rings is 2. The van der Waals surface area contributed by atoms with Crippen molar-refractivity contribution in [2.75, 3.05) is 13.2 Å². The van der Waals surface area contributed by atoms with Crippen LogP contribution in [0.25, 0.3) is 0 Å². The Morgan fingerprint density at radius 1 is 1.05 bits per heavy atom. The molecule has 1 aliphatic rings. The molecule has 0 unspecified atom stereocenters. The molecule has 108 valence electrons. The van der Waals surface area contributed by atoms with E-state index in [0.29, 0.717) is 24.7 Å². The van der Waals surface area contributed by atoms with Crippen molar-refractivity contribution >= 4 is 17.4 Å². The molecule has 21 heavy (non-hydrogen) atoms. The first-order valence-corrected chi connectivity index (χ1v) is 6.53. The zero-order valence-corrected chi connectivity index (χ0v) is 11.4. The second-order valence-electron chi connectivity index (χ2n) is 4.40. The second kappa shape index (κ2) is 5.33. The van der Waals surface area contributed by atoms with Gasteiger partial charge in [0.05, 0.1) is 10.6 Å². The first-order valence-electron chi connectivity index (χ1n) is 6.16. The maximum atomic E-state index is 13.7. The first kappa shape index (κ1) is 13.8. The molecule has 0 fully saturated rings. The highest BCUT2D eigenvalue weighted by molar-refractivity contribution is 6.35. The zero-order chi connectivity index (χ0) is 15.0. The molecule has 0 saturated carbocycles. The van der Waals surface area contributed by atoms with Gasteiger partial charge in [-0.1, -0.05) is 17.7 Å². The zero-order valence-electron chi connectivity index (χ0n) is 10.7. The van der Waals surface area contributed by atoms with Crippen molar-refractivity contribution in [3.63, 3.8) is 0 Å². The largest absolute Gasteiger partial charge is 0.486 e. The Morgan fingerprint density at radius 3 is 2.24 bits per heavy atom. The number of hydrogen-bond acceptors (Lipinski definition) is 3. The summed E-state index contributed by atoms with van der Waals surface area (Å²) in [5.41, 5.74) is -0.680. The molecule has 3 nitrogen and oxygen atoms in total. The van der Waals surface area contributed by atoms with E-state index in [2.05, 4.69) is 0 Å². The minimum atomic E-state index is -0.939. The summed E-state index contributed by atoms with van der Waals surface area (Å²) in [6.45, 7) is 0.703. The smallest absolute Gasteiger partial charge is 0.200 e. The lowest BCUT2D eigenvalue weighted by Gasteiger charge is -2.19.